The third-order valence-electron chi connectivity index (χ3n) is 4.89. The van der Waals surface area contributed by atoms with Gasteiger partial charge in [-0.2, -0.15) is 0 Å². The van der Waals surface area contributed by atoms with Gasteiger partial charge < -0.3 is 9.30 Å². The van der Waals surface area contributed by atoms with Crippen LogP contribution in [0.25, 0.3) is 22.0 Å². The highest BCUT2D eigenvalue weighted by Crippen LogP contribution is 2.31. The maximum Gasteiger partial charge on any atom is 0.411 e. The molecule has 0 aliphatic carbocycles. The van der Waals surface area contributed by atoms with Crippen molar-refractivity contribution >= 4 is 32.8 Å². The number of imidazole rings is 1. The molecular weight excluding hydrogens is 418 g/mol. The Labute approximate surface area is 173 Å². The van der Waals surface area contributed by atoms with Crippen LogP contribution in [0.3, 0.4) is 0 Å². The summed E-state index contributed by atoms with van der Waals surface area (Å²) in [5, 5.41) is 2.36. The molecule has 28 heavy (non-hydrogen) atoms. The van der Waals surface area contributed by atoms with E-state index in [1.54, 1.807) is 4.90 Å². The summed E-state index contributed by atoms with van der Waals surface area (Å²) in [5.41, 5.74) is 1.47. The second-order valence-corrected chi connectivity index (χ2v) is 9.12. The molecule has 2 heterocycles. The van der Waals surface area contributed by atoms with Crippen molar-refractivity contribution in [3.05, 3.63) is 53.4 Å². The van der Waals surface area contributed by atoms with Crippen LogP contribution in [0.5, 0.6) is 0 Å². The van der Waals surface area contributed by atoms with Crippen LogP contribution in [0.1, 0.15) is 39.8 Å². The van der Waals surface area contributed by atoms with E-state index in [-0.39, 0.29) is 12.3 Å². The lowest BCUT2D eigenvalue weighted by Gasteiger charge is -2.29. The minimum absolute atomic E-state index is 0.0503. The number of hydrogen-bond donors (Lipinski definition) is 0. The van der Waals surface area contributed by atoms with E-state index in [9.17, 15) is 4.79 Å². The first-order valence-corrected chi connectivity index (χ1v) is 10.3. The molecule has 2 aromatic carbocycles. The van der Waals surface area contributed by atoms with Crippen molar-refractivity contribution in [1.82, 2.24) is 14.5 Å². The number of benzene rings is 2. The van der Waals surface area contributed by atoms with Gasteiger partial charge in [-0.15, -0.1) is 0 Å². The van der Waals surface area contributed by atoms with E-state index in [0.717, 1.165) is 34.0 Å². The highest BCUT2D eigenvalue weighted by Gasteiger charge is 2.33. The van der Waals surface area contributed by atoms with E-state index in [2.05, 4.69) is 51.2 Å². The molecule has 1 atom stereocenters. The predicted molar refractivity (Wildman–Crippen MR) is 114 cm³/mol. The van der Waals surface area contributed by atoms with Gasteiger partial charge in [0.25, 0.3) is 0 Å². The van der Waals surface area contributed by atoms with Crippen molar-refractivity contribution < 1.29 is 9.53 Å². The summed E-state index contributed by atoms with van der Waals surface area (Å²) < 4.78 is 8.66. The summed E-state index contributed by atoms with van der Waals surface area (Å²) in [5.74, 6) is 0. The average molecular weight is 442 g/mol. The van der Waals surface area contributed by atoms with Crippen molar-refractivity contribution in [2.75, 3.05) is 6.54 Å². The fourth-order valence-corrected chi connectivity index (χ4v) is 4.00. The number of halogens is 1. The molecule has 1 aromatic heterocycles. The van der Waals surface area contributed by atoms with Crippen molar-refractivity contribution in [3.63, 3.8) is 0 Å². The van der Waals surface area contributed by atoms with Gasteiger partial charge in [-0.1, -0.05) is 34.1 Å². The number of rotatable bonds is 2. The first kappa shape index (κ1) is 19.0. The number of hydrogen-bond acceptors (Lipinski definition) is 3. The molecule has 1 aliphatic heterocycles. The van der Waals surface area contributed by atoms with Crippen molar-refractivity contribution in [2.45, 2.75) is 45.4 Å². The maximum atomic E-state index is 12.6. The molecule has 1 amide bonds. The van der Waals surface area contributed by atoms with Gasteiger partial charge in [0, 0.05) is 22.8 Å². The minimum atomic E-state index is -0.496. The molecule has 1 unspecified atom stereocenters. The minimum Gasteiger partial charge on any atom is -0.444 e. The van der Waals surface area contributed by atoms with Gasteiger partial charge in [0.05, 0.1) is 12.0 Å². The number of likely N-dealkylation sites (tertiary alicyclic amines) is 1. The van der Waals surface area contributed by atoms with Crippen molar-refractivity contribution in [2.24, 2.45) is 0 Å². The molecule has 1 fully saturated rings. The number of amides is 1. The Kier molecular flexibility index (Phi) is 4.91. The topological polar surface area (TPSA) is 47.4 Å². The van der Waals surface area contributed by atoms with Gasteiger partial charge in [-0.25, -0.2) is 9.78 Å². The van der Waals surface area contributed by atoms with Crippen molar-refractivity contribution in [1.29, 1.82) is 0 Å². The Morgan fingerprint density at radius 1 is 1.18 bits per heavy atom. The second-order valence-electron chi connectivity index (χ2n) is 8.21. The molecule has 0 saturated carbocycles. The molecule has 0 spiro atoms. The van der Waals surface area contributed by atoms with Gasteiger partial charge in [0.15, 0.2) is 0 Å². The van der Waals surface area contributed by atoms with Crippen LogP contribution in [-0.4, -0.2) is 32.7 Å². The Balaban J connectivity index is 1.59. The molecule has 146 valence electrons. The van der Waals surface area contributed by atoms with Crippen LogP contribution in [-0.2, 0) is 4.74 Å². The summed E-state index contributed by atoms with van der Waals surface area (Å²) in [4.78, 5) is 19.0. The van der Waals surface area contributed by atoms with Gasteiger partial charge in [-0.05, 0) is 62.6 Å². The van der Waals surface area contributed by atoms with E-state index in [0.29, 0.717) is 6.54 Å². The monoisotopic (exact) mass is 441 g/mol. The summed E-state index contributed by atoms with van der Waals surface area (Å²) in [7, 11) is 0. The normalized spacial score (nSPS) is 17.3. The maximum absolute atomic E-state index is 12.6. The van der Waals surface area contributed by atoms with Crippen LogP contribution in [0.2, 0.25) is 0 Å². The number of nitrogens with zero attached hydrogens (tertiary/aromatic N) is 3. The fraction of sp³-hybridized carbons (Fsp3) is 0.364. The molecule has 4 rings (SSSR count). The standard InChI is InChI=1S/C22H24BrN3O2/c1-22(2,3)28-21(27)26-10-4-5-20(26)25-13-19(24-14-25)16-7-6-15-8-9-18(23)12-17(15)11-16/h6-9,11-14,20H,4-5,10H2,1-3H3. The summed E-state index contributed by atoms with van der Waals surface area (Å²) in [6, 6.07) is 12.6. The lowest BCUT2D eigenvalue weighted by Crippen LogP contribution is -2.37. The van der Waals surface area contributed by atoms with E-state index in [1.165, 1.54) is 5.39 Å². The van der Waals surface area contributed by atoms with Crippen LogP contribution in [0.15, 0.2) is 53.4 Å². The van der Waals surface area contributed by atoms with E-state index >= 15 is 0 Å². The Bertz CT molecular complexity index is 1020. The molecule has 3 aromatic rings. The molecule has 1 aliphatic rings. The molecular formula is C22H24BrN3O2. The van der Waals surface area contributed by atoms with Crippen LogP contribution < -0.4 is 0 Å². The van der Waals surface area contributed by atoms with E-state index in [4.69, 9.17) is 4.74 Å². The van der Waals surface area contributed by atoms with Crippen molar-refractivity contribution in [3.8, 4) is 11.3 Å². The van der Waals surface area contributed by atoms with Gasteiger partial charge >= 0.3 is 6.09 Å². The first-order chi connectivity index (χ1) is 13.3. The number of carbonyl (C=O) groups excluding carboxylic acids is 1. The SMILES string of the molecule is CC(C)(C)OC(=O)N1CCCC1n1cnc(-c2ccc3ccc(Br)cc3c2)c1. The van der Waals surface area contributed by atoms with E-state index < -0.39 is 5.60 Å². The molecule has 0 radical (unpaired) electrons. The molecule has 1 saturated heterocycles. The third kappa shape index (κ3) is 3.92. The smallest absolute Gasteiger partial charge is 0.411 e. The first-order valence-electron chi connectivity index (χ1n) is 9.53. The lowest BCUT2D eigenvalue weighted by atomic mass is 10.1. The number of ether oxygens (including phenoxy) is 1. The largest absolute Gasteiger partial charge is 0.444 e. The van der Waals surface area contributed by atoms with Crippen LogP contribution in [0.4, 0.5) is 4.79 Å². The summed E-state index contributed by atoms with van der Waals surface area (Å²) >= 11 is 3.53. The van der Waals surface area contributed by atoms with E-state index in [1.807, 2.05) is 43.9 Å². The second kappa shape index (κ2) is 7.24. The highest BCUT2D eigenvalue weighted by molar-refractivity contribution is 9.10. The third-order valence-corrected chi connectivity index (χ3v) is 5.39. The quantitative estimate of drug-likeness (QED) is 0.490. The molecule has 0 bridgehead atoms. The van der Waals surface area contributed by atoms with Gasteiger partial charge in [0.1, 0.15) is 11.8 Å². The summed E-state index contributed by atoms with van der Waals surface area (Å²) in [6.07, 6.45) is 5.38. The molecule has 6 heteroatoms. The Morgan fingerprint density at radius 3 is 2.75 bits per heavy atom. The molecule has 5 nitrogen and oxygen atoms in total. The molecule has 0 N–H and O–H groups in total. The van der Waals surface area contributed by atoms with Crippen LogP contribution in [0, 0.1) is 0 Å². The zero-order chi connectivity index (χ0) is 19.9. The zero-order valence-electron chi connectivity index (χ0n) is 16.4. The average Bonchev–Trinajstić information content (AvgIpc) is 3.28. The van der Waals surface area contributed by atoms with Gasteiger partial charge in [-0.3, -0.25) is 4.90 Å². The highest BCUT2D eigenvalue weighted by atomic mass is 79.9. The fourth-order valence-electron chi connectivity index (χ4n) is 3.62. The summed E-state index contributed by atoms with van der Waals surface area (Å²) in [6.45, 7) is 6.38. The number of fused-ring (bicyclic) bond motifs is 1. The zero-order valence-corrected chi connectivity index (χ0v) is 17.9. The lowest BCUT2D eigenvalue weighted by molar-refractivity contribution is 0.0163. The predicted octanol–water partition coefficient (Wildman–Crippen LogP) is 6.00. The number of carbonyl (C=O) groups is 1. The van der Waals surface area contributed by atoms with Gasteiger partial charge in [0.2, 0.25) is 0 Å². The Morgan fingerprint density at radius 2 is 1.96 bits per heavy atom. The number of aromatic nitrogens is 2. The Hall–Kier alpha value is -2.34. The van der Waals surface area contributed by atoms with Crippen LogP contribution >= 0.6 is 15.9 Å².